The van der Waals surface area contributed by atoms with Crippen molar-refractivity contribution < 1.29 is 19.1 Å². The number of hydrogen-bond donors (Lipinski definition) is 2. The number of urea groups is 1. The Morgan fingerprint density at radius 2 is 1.91 bits per heavy atom. The van der Waals surface area contributed by atoms with E-state index in [4.69, 9.17) is 9.79 Å². The third kappa shape index (κ3) is 3.64. The highest BCUT2D eigenvalue weighted by Gasteiger charge is 2.29. The molecular formula is C13H20N3O4PS. The van der Waals surface area contributed by atoms with E-state index >= 15 is 0 Å². The van der Waals surface area contributed by atoms with Crippen molar-refractivity contribution in [2.45, 2.75) is 5.37 Å². The lowest BCUT2D eigenvalue weighted by atomic mass is 10.2. The van der Waals surface area contributed by atoms with Gasteiger partial charge in [0.05, 0.1) is 5.37 Å². The van der Waals surface area contributed by atoms with Gasteiger partial charge in [0, 0.05) is 32.1 Å². The molecule has 1 heterocycles. The van der Waals surface area contributed by atoms with Crippen LogP contribution in [0.5, 0.6) is 0 Å². The van der Waals surface area contributed by atoms with Crippen LogP contribution < -0.4 is 4.90 Å². The van der Waals surface area contributed by atoms with E-state index < -0.39 is 13.8 Å². The molecule has 2 amide bonds. The van der Waals surface area contributed by atoms with Crippen LogP contribution in [0.1, 0.15) is 10.9 Å². The highest BCUT2D eigenvalue weighted by atomic mass is 32.2. The predicted molar refractivity (Wildman–Crippen MR) is 87.9 cm³/mol. The Morgan fingerprint density at radius 3 is 2.36 bits per heavy atom. The molecule has 0 bridgehead atoms. The van der Waals surface area contributed by atoms with Crippen LogP contribution in [-0.2, 0) is 4.57 Å². The summed E-state index contributed by atoms with van der Waals surface area (Å²) in [7, 11) is 0.0502. The van der Waals surface area contributed by atoms with Gasteiger partial charge in [0.2, 0.25) is 0 Å². The molecule has 1 aliphatic rings. The number of hydrogen-bond acceptors (Lipinski definition) is 4. The maximum Gasteiger partial charge on any atom is 0.433 e. The summed E-state index contributed by atoms with van der Waals surface area (Å²) in [6, 6.07) is 6.70. The average molecular weight is 345 g/mol. The largest absolute Gasteiger partial charge is 0.433 e. The molecule has 1 aliphatic heterocycles. The summed E-state index contributed by atoms with van der Waals surface area (Å²) in [4.78, 5) is 33.6. The molecule has 22 heavy (non-hydrogen) atoms. The van der Waals surface area contributed by atoms with E-state index in [1.807, 2.05) is 23.9 Å². The minimum atomic E-state index is -4.59. The zero-order valence-electron chi connectivity index (χ0n) is 12.7. The molecule has 2 rings (SSSR count). The molecule has 0 aliphatic carbocycles. The van der Waals surface area contributed by atoms with Crippen molar-refractivity contribution in [1.82, 2.24) is 9.57 Å². The van der Waals surface area contributed by atoms with Crippen LogP contribution in [0.25, 0.3) is 0 Å². The van der Waals surface area contributed by atoms with Gasteiger partial charge < -0.3 is 9.79 Å². The molecule has 0 saturated carbocycles. The SMILES string of the molecule is CN(C(=O)N(C)P(=O)(O)O)c1ccc(C2SCCN2C)cc1. The summed E-state index contributed by atoms with van der Waals surface area (Å²) in [5.74, 6) is 1.09. The summed E-state index contributed by atoms with van der Waals surface area (Å²) in [6.45, 7) is 1.04. The Kier molecular flexibility index (Phi) is 5.19. The Bertz CT molecular complexity index is 591. The average Bonchev–Trinajstić information content (AvgIpc) is 2.90. The number of anilines is 1. The maximum absolute atomic E-state index is 12.0. The molecule has 7 nitrogen and oxygen atoms in total. The van der Waals surface area contributed by atoms with E-state index in [2.05, 4.69) is 11.9 Å². The zero-order valence-corrected chi connectivity index (χ0v) is 14.4. The lowest BCUT2D eigenvalue weighted by molar-refractivity contribution is 0.223. The molecule has 122 valence electrons. The maximum atomic E-state index is 12.0. The van der Waals surface area contributed by atoms with E-state index in [9.17, 15) is 9.36 Å². The number of thioether (sulfide) groups is 1. The molecule has 0 spiro atoms. The predicted octanol–water partition coefficient (Wildman–Crippen LogP) is 1.94. The zero-order chi connectivity index (χ0) is 16.5. The molecule has 1 fully saturated rings. The number of amides is 2. The second kappa shape index (κ2) is 6.60. The molecular weight excluding hydrogens is 325 g/mol. The van der Waals surface area contributed by atoms with Crippen molar-refractivity contribution in [3.8, 4) is 0 Å². The van der Waals surface area contributed by atoms with E-state index in [1.165, 1.54) is 11.9 Å². The number of rotatable bonds is 3. The summed E-state index contributed by atoms with van der Waals surface area (Å²) in [5, 5.41) is 0.313. The van der Waals surface area contributed by atoms with Crippen molar-refractivity contribution in [3.63, 3.8) is 0 Å². The highest BCUT2D eigenvalue weighted by Crippen LogP contribution is 2.40. The minimum Gasteiger partial charge on any atom is -0.308 e. The number of nitrogens with zero attached hydrogens (tertiary/aromatic N) is 3. The lowest BCUT2D eigenvalue weighted by Gasteiger charge is -2.25. The summed E-state index contributed by atoms with van der Waals surface area (Å²) >= 11 is 1.87. The summed E-state index contributed by atoms with van der Waals surface area (Å²) < 4.78 is 11.6. The van der Waals surface area contributed by atoms with Crippen LogP contribution in [0.4, 0.5) is 10.5 Å². The van der Waals surface area contributed by atoms with Crippen LogP contribution in [0.2, 0.25) is 0 Å². The van der Waals surface area contributed by atoms with E-state index in [0.717, 1.165) is 24.9 Å². The van der Waals surface area contributed by atoms with E-state index in [-0.39, 0.29) is 0 Å². The Labute approximate surface area is 134 Å². The van der Waals surface area contributed by atoms with Crippen molar-refractivity contribution in [2.24, 2.45) is 0 Å². The summed E-state index contributed by atoms with van der Waals surface area (Å²) in [6.07, 6.45) is 0. The molecule has 1 atom stereocenters. The first kappa shape index (κ1) is 17.3. The lowest BCUT2D eigenvalue weighted by Crippen LogP contribution is -2.36. The third-order valence-electron chi connectivity index (χ3n) is 3.64. The number of benzene rings is 1. The fourth-order valence-corrected chi connectivity index (χ4v) is 3.89. The molecule has 1 unspecified atom stereocenters. The van der Waals surface area contributed by atoms with Crippen molar-refractivity contribution in [3.05, 3.63) is 29.8 Å². The topological polar surface area (TPSA) is 84.3 Å². The van der Waals surface area contributed by atoms with Gasteiger partial charge in [-0.2, -0.15) is 0 Å². The first-order valence-electron chi connectivity index (χ1n) is 6.71. The van der Waals surface area contributed by atoms with Crippen LogP contribution in [0.15, 0.2) is 24.3 Å². The van der Waals surface area contributed by atoms with Gasteiger partial charge in [0.1, 0.15) is 0 Å². The molecule has 2 N–H and O–H groups in total. The molecule has 1 saturated heterocycles. The van der Waals surface area contributed by atoms with Gasteiger partial charge >= 0.3 is 13.8 Å². The van der Waals surface area contributed by atoms with Gasteiger partial charge in [0.25, 0.3) is 0 Å². The van der Waals surface area contributed by atoms with E-state index in [1.54, 1.807) is 12.1 Å². The van der Waals surface area contributed by atoms with E-state index in [0.29, 0.717) is 15.7 Å². The molecule has 9 heteroatoms. The van der Waals surface area contributed by atoms with Crippen LogP contribution in [0, 0.1) is 0 Å². The van der Waals surface area contributed by atoms with Crippen molar-refractivity contribution in [2.75, 3.05) is 38.3 Å². The Balaban J connectivity index is 2.13. The van der Waals surface area contributed by atoms with Gasteiger partial charge in [-0.3, -0.25) is 9.80 Å². The highest BCUT2D eigenvalue weighted by molar-refractivity contribution is 7.99. The molecule has 1 aromatic carbocycles. The van der Waals surface area contributed by atoms with Crippen LogP contribution >= 0.6 is 19.5 Å². The normalized spacial score (nSPS) is 19.2. The van der Waals surface area contributed by atoms with Gasteiger partial charge in [-0.15, -0.1) is 11.8 Å². The standard InChI is InChI=1S/C13H20N3O4PS/c1-14-8-9-22-12(14)10-4-6-11(7-5-10)15(2)13(17)16(3)21(18,19)20/h4-7,12H,8-9H2,1-3H3,(H2,18,19,20). The third-order valence-corrected chi connectivity index (χ3v) is 5.96. The second-order valence-electron chi connectivity index (χ2n) is 5.17. The Morgan fingerprint density at radius 1 is 1.32 bits per heavy atom. The first-order valence-corrected chi connectivity index (χ1v) is 9.32. The molecule has 0 radical (unpaired) electrons. The quantitative estimate of drug-likeness (QED) is 0.815. The first-order chi connectivity index (χ1) is 10.2. The van der Waals surface area contributed by atoms with Gasteiger partial charge in [-0.05, 0) is 24.7 Å². The van der Waals surface area contributed by atoms with Gasteiger partial charge in [-0.25, -0.2) is 14.0 Å². The monoisotopic (exact) mass is 345 g/mol. The Hall–Kier alpha value is -1.05. The minimum absolute atomic E-state index is 0.313. The second-order valence-corrected chi connectivity index (χ2v) is 7.99. The van der Waals surface area contributed by atoms with Crippen molar-refractivity contribution >= 4 is 31.2 Å². The van der Waals surface area contributed by atoms with Crippen LogP contribution in [-0.4, -0.2) is 58.8 Å². The molecule has 1 aromatic rings. The fourth-order valence-electron chi connectivity index (χ4n) is 2.21. The van der Waals surface area contributed by atoms with Gasteiger partial charge in [0.15, 0.2) is 0 Å². The fraction of sp³-hybridized carbons (Fsp3) is 0.462. The summed E-state index contributed by atoms with van der Waals surface area (Å²) in [5.41, 5.74) is 1.73. The van der Waals surface area contributed by atoms with Gasteiger partial charge in [-0.1, -0.05) is 12.1 Å². The van der Waals surface area contributed by atoms with Crippen molar-refractivity contribution in [1.29, 1.82) is 0 Å². The number of carbonyl (C=O) groups is 1. The molecule has 0 aromatic heterocycles. The number of carbonyl (C=O) groups excluding carboxylic acids is 1. The van der Waals surface area contributed by atoms with Crippen LogP contribution in [0.3, 0.4) is 0 Å². The smallest absolute Gasteiger partial charge is 0.308 e.